The van der Waals surface area contributed by atoms with Crippen LogP contribution in [-0.4, -0.2) is 248 Å². The summed E-state index contributed by atoms with van der Waals surface area (Å²) >= 11 is 0. The van der Waals surface area contributed by atoms with E-state index in [1.54, 1.807) is 28.3 Å². The first kappa shape index (κ1) is 97.8. The van der Waals surface area contributed by atoms with Crippen LogP contribution < -0.4 is 43.6 Å². The van der Waals surface area contributed by atoms with E-state index in [2.05, 4.69) is 149 Å². The number of anilines is 6. The van der Waals surface area contributed by atoms with E-state index in [0.29, 0.717) is 160 Å². The lowest BCUT2D eigenvalue weighted by Crippen LogP contribution is -2.57. The van der Waals surface area contributed by atoms with Gasteiger partial charge in [-0.3, -0.25) is 19.4 Å². The van der Waals surface area contributed by atoms with Crippen molar-refractivity contribution in [2.45, 2.75) is 147 Å². The monoisotopic (exact) mass is 1860 g/mol. The molecular weight excluding hydrogens is 1740 g/mol. The van der Waals surface area contributed by atoms with E-state index >= 15 is 0 Å². The number of rotatable bonds is 31. The number of hydrogen-bond donors (Lipinski definition) is 0. The molecule has 3 saturated heterocycles. The first-order chi connectivity index (χ1) is 63.0. The molecule has 6 fully saturated rings. The second-order valence-electron chi connectivity index (χ2n) is 34.0. The van der Waals surface area contributed by atoms with Gasteiger partial charge >= 0.3 is 18.0 Å². The SMILES string of the molecule is S.S.S.[C-]#[N+]C[C@H]1CN(c2nc(OCCCOC3CC3)nc3c2CCN(c2cccc4cccc(C)c24)C3)CCN1C(=O)/C=C/CF.[C-]#[N+]C[C@H]1CN(c2nc(OCCCOC3CC3)nc3c2CCN(c2cccc4cccc(C)c24)C3)CCN1C(=O)C(=C)F.[C-]#[N+]C[C@H]1CN(c2nc(OCCCOC3CC3)nc3c2CCN(c2cncc4cccc(F)c24)C3)CCN1C(=O)C=C. The molecule has 0 bridgehead atoms. The van der Waals surface area contributed by atoms with E-state index in [1.807, 2.05) is 6.07 Å². The lowest BCUT2D eigenvalue weighted by Gasteiger charge is -2.41. The smallest absolute Gasteiger partial charge is 0.318 e. The molecule has 3 amide bonds. The minimum Gasteiger partial charge on any atom is -0.463 e. The van der Waals surface area contributed by atoms with E-state index in [9.17, 15) is 27.6 Å². The second kappa shape index (κ2) is 46.1. The molecule has 0 unspecified atom stereocenters. The summed E-state index contributed by atoms with van der Waals surface area (Å²) in [5, 5.41) is 6.21. The molecule has 696 valence electrons. The maximum Gasteiger partial charge on any atom is 0.318 e. The maximum absolute atomic E-state index is 15.0. The summed E-state index contributed by atoms with van der Waals surface area (Å²) < 4.78 is 77.0. The molecule has 0 spiro atoms. The van der Waals surface area contributed by atoms with Crippen molar-refractivity contribution in [1.29, 1.82) is 0 Å². The number of fused-ring (bicyclic) bond motifs is 6. The van der Waals surface area contributed by atoms with Crippen molar-refractivity contribution in [2.24, 2.45) is 0 Å². The summed E-state index contributed by atoms with van der Waals surface area (Å²) in [6, 6.07) is 30.5. The molecule has 34 heteroatoms. The van der Waals surface area contributed by atoms with E-state index in [-0.39, 0.29) is 102 Å². The molecule has 5 aromatic carbocycles. The van der Waals surface area contributed by atoms with Crippen LogP contribution in [0.4, 0.5) is 47.7 Å². The fourth-order valence-corrected chi connectivity index (χ4v) is 18.1. The molecule has 0 N–H and O–H groups in total. The van der Waals surface area contributed by atoms with Crippen LogP contribution >= 0.6 is 40.5 Å². The number of piperazine rings is 3. The standard InChI is InChI=1S/C34H39FN6O3.C33H37FN6O3.C31H34FN7O3.3H2S/c1-24-7-3-8-25-9-4-10-30(32(24)25)39-16-14-28-29(23-39)37-34(44-20-6-19-43-27-12-13-27)38-33(28)40-17-18-41(26(22-40)21-36-2)31(42)11-5-15-35;1-22-7-4-8-24-9-5-10-29(30(22)24)38-14-13-27-28(21-38)36-33(43-18-6-17-42-26-11-12-26)37-31(27)39-15-16-40(32(41)23(2)34)25(20-39)19-35-3;1-3-28(40)39-13-12-38(19-22(39)17-33-2)30-24-10-11-37(27-18-34-16-21-6-4-7-25(32)29(21)27)20-26(24)35-31(36-30)42-15-5-14-41-23-8-9-23;;;/h3-5,7-11,26-27H,6,12-23H2,1H3;4-5,7-10,25-26H,2,6,11-21H2,1H3;3-4,6-7,16,18,22-23H,1,5,8-15,17,19-20H2;3*1H2/b11-5+;;;;;/t26-;25-;22-;;;/m000.../s1. The summed E-state index contributed by atoms with van der Waals surface area (Å²) in [5.41, 5.74) is 11.4. The Balaban J connectivity index is 0.000000166. The third kappa shape index (κ3) is 23.7. The molecule has 9 aliphatic rings. The van der Waals surface area contributed by atoms with Crippen molar-refractivity contribution < 1.29 is 56.0 Å². The number of halogens is 3. The van der Waals surface area contributed by atoms with Crippen molar-refractivity contribution in [1.82, 2.24) is 49.6 Å². The number of carbonyl (C=O) groups excluding carboxylic acids is 3. The van der Waals surface area contributed by atoms with Gasteiger partial charge in [-0.2, -0.15) is 70.4 Å². The Hall–Kier alpha value is -11.7. The van der Waals surface area contributed by atoms with Crippen LogP contribution in [0.1, 0.15) is 103 Å². The number of hydrogen-bond acceptors (Lipinski definition) is 22. The molecule has 3 saturated carbocycles. The summed E-state index contributed by atoms with van der Waals surface area (Å²) in [4.78, 5) is 100. The normalized spacial score (nSPS) is 18.0. The van der Waals surface area contributed by atoms with Crippen LogP contribution in [0.3, 0.4) is 0 Å². The van der Waals surface area contributed by atoms with Gasteiger partial charge < -0.3 is 87.1 Å². The van der Waals surface area contributed by atoms with Crippen LogP contribution in [0.15, 0.2) is 141 Å². The zero-order valence-corrected chi connectivity index (χ0v) is 77.9. The Morgan fingerprint density at radius 1 is 0.462 bits per heavy atom. The van der Waals surface area contributed by atoms with Gasteiger partial charge in [0.05, 0.1) is 107 Å². The molecule has 3 atom stereocenters. The van der Waals surface area contributed by atoms with Crippen molar-refractivity contribution in [3.05, 3.63) is 226 Å². The summed E-state index contributed by atoms with van der Waals surface area (Å²) in [6.07, 6.45) is 19.6. The Kier molecular flexibility index (Phi) is 34.2. The minimum absolute atomic E-state index is 0. The van der Waals surface area contributed by atoms with Crippen LogP contribution in [0.5, 0.6) is 18.0 Å². The molecule has 0 radical (unpaired) electrons. The van der Waals surface area contributed by atoms with Crippen LogP contribution in [-0.2, 0) is 67.5 Å². The van der Waals surface area contributed by atoms with Gasteiger partial charge in [0.15, 0.2) is 5.83 Å². The number of pyridine rings is 1. The van der Waals surface area contributed by atoms with Gasteiger partial charge in [-0.05, 0) is 124 Å². The Labute approximate surface area is 790 Å². The average Bonchev–Trinajstić information content (AvgIpc) is 1.60. The van der Waals surface area contributed by atoms with Crippen molar-refractivity contribution in [2.75, 3.05) is 174 Å². The Morgan fingerprint density at radius 2 is 0.841 bits per heavy atom. The summed E-state index contributed by atoms with van der Waals surface area (Å²) in [7, 11) is 0. The van der Waals surface area contributed by atoms with Gasteiger partial charge in [-0.1, -0.05) is 86.0 Å². The number of benzene rings is 5. The van der Waals surface area contributed by atoms with Gasteiger partial charge in [-0.15, -0.1) is 0 Å². The number of amides is 3. The number of alkyl halides is 1. The topological polar surface area (TPSA) is 239 Å². The maximum atomic E-state index is 15.0. The zero-order valence-electron chi connectivity index (χ0n) is 74.9. The molecule has 10 heterocycles. The minimum atomic E-state index is -1.01. The molecule has 18 rings (SSSR count). The molecule has 28 nitrogen and oxygen atoms in total. The largest absolute Gasteiger partial charge is 0.463 e. The number of allylic oxidation sites excluding steroid dienone is 1. The molecular formula is C98H116F3N19O9S3. The van der Waals surface area contributed by atoms with Crippen LogP contribution in [0.25, 0.3) is 46.9 Å². The molecule has 132 heavy (non-hydrogen) atoms. The lowest BCUT2D eigenvalue weighted by molar-refractivity contribution is -0.131. The number of ether oxygens (including phenoxy) is 6. The third-order valence-corrected chi connectivity index (χ3v) is 25.0. The van der Waals surface area contributed by atoms with Crippen LogP contribution in [0.2, 0.25) is 0 Å². The number of aryl methyl sites for hydroxylation is 2. The summed E-state index contributed by atoms with van der Waals surface area (Å²) in [6.45, 7) is 44.4. The Bertz CT molecular complexity index is 5760. The number of nitrogens with zero attached hydrogens (tertiary/aromatic N) is 19. The fourth-order valence-electron chi connectivity index (χ4n) is 18.1. The highest BCUT2D eigenvalue weighted by atomic mass is 32.1. The first-order valence-corrected chi connectivity index (χ1v) is 45.1. The van der Waals surface area contributed by atoms with Gasteiger partial charge in [-0.25, -0.2) is 32.9 Å². The first-order valence-electron chi connectivity index (χ1n) is 45.1. The van der Waals surface area contributed by atoms with Crippen molar-refractivity contribution in [3.8, 4) is 18.0 Å². The fraction of sp³-hybridized carbons (Fsp3) is 0.459. The van der Waals surface area contributed by atoms with E-state index in [1.165, 1.54) is 73.2 Å². The van der Waals surface area contributed by atoms with Gasteiger partial charge in [0.1, 0.15) is 48.1 Å². The van der Waals surface area contributed by atoms with Gasteiger partial charge in [0.2, 0.25) is 31.4 Å². The zero-order chi connectivity index (χ0) is 89.4. The van der Waals surface area contributed by atoms with Crippen LogP contribution in [0, 0.1) is 39.4 Å². The van der Waals surface area contributed by atoms with Gasteiger partial charge in [0.25, 0.3) is 5.91 Å². The Morgan fingerprint density at radius 3 is 1.23 bits per heavy atom. The van der Waals surface area contributed by atoms with E-state index < -0.39 is 24.5 Å². The van der Waals surface area contributed by atoms with Crippen molar-refractivity contribution >= 4 is 125 Å². The third-order valence-electron chi connectivity index (χ3n) is 25.0. The van der Waals surface area contributed by atoms with Crippen molar-refractivity contribution in [3.63, 3.8) is 0 Å². The molecule has 4 aromatic heterocycles. The summed E-state index contributed by atoms with van der Waals surface area (Å²) in [5.74, 6) is -0.125. The number of aromatic nitrogens is 7. The highest BCUT2D eigenvalue weighted by molar-refractivity contribution is 7.59. The van der Waals surface area contributed by atoms with E-state index in [4.69, 9.17) is 78.0 Å². The molecule has 9 aromatic rings. The molecule has 3 aliphatic carbocycles. The highest BCUT2D eigenvalue weighted by Crippen LogP contribution is 2.41. The molecule has 6 aliphatic heterocycles. The lowest BCUT2D eigenvalue weighted by atomic mass is 9.99. The van der Waals surface area contributed by atoms with Gasteiger partial charge in [0, 0.05) is 160 Å². The second-order valence-corrected chi connectivity index (χ2v) is 34.0. The average molecular weight is 1860 g/mol. The number of carbonyl (C=O) groups is 3. The highest BCUT2D eigenvalue weighted by Gasteiger charge is 2.41. The predicted molar refractivity (Wildman–Crippen MR) is 521 cm³/mol. The van der Waals surface area contributed by atoms with E-state index in [0.717, 1.165) is 146 Å². The quantitative estimate of drug-likeness (QED) is 0.0223. The predicted octanol–water partition coefficient (Wildman–Crippen LogP) is 13.9.